The minimum absolute atomic E-state index is 0.0987. The zero-order valence-corrected chi connectivity index (χ0v) is 16.1. The van der Waals surface area contributed by atoms with Crippen LogP contribution in [0.5, 0.6) is 0 Å². The molecule has 0 bridgehead atoms. The van der Waals surface area contributed by atoms with Gasteiger partial charge in [-0.2, -0.15) is 0 Å². The lowest BCUT2D eigenvalue weighted by molar-refractivity contribution is -0.142. The molecule has 0 aliphatic rings. The predicted molar refractivity (Wildman–Crippen MR) is 100 cm³/mol. The molecular formula is C19H27N3O5. The molecule has 0 radical (unpaired) electrons. The van der Waals surface area contributed by atoms with Crippen molar-refractivity contribution in [1.82, 2.24) is 16.0 Å². The number of amides is 3. The average Bonchev–Trinajstić information content (AvgIpc) is 2.59. The quantitative estimate of drug-likeness (QED) is 0.506. The van der Waals surface area contributed by atoms with Gasteiger partial charge in [0.25, 0.3) is 5.91 Å². The second-order valence-corrected chi connectivity index (χ2v) is 6.85. The van der Waals surface area contributed by atoms with Gasteiger partial charge >= 0.3 is 5.97 Å². The molecule has 3 amide bonds. The second kappa shape index (κ2) is 10.3. The summed E-state index contributed by atoms with van der Waals surface area (Å²) in [7, 11) is 0. The van der Waals surface area contributed by atoms with E-state index in [0.717, 1.165) is 11.1 Å². The van der Waals surface area contributed by atoms with Crippen LogP contribution in [-0.2, 0) is 14.4 Å². The van der Waals surface area contributed by atoms with Crippen LogP contribution in [0, 0.1) is 19.8 Å². The Morgan fingerprint density at radius 1 is 0.963 bits per heavy atom. The summed E-state index contributed by atoms with van der Waals surface area (Å²) in [5.74, 6) is -2.55. The first kappa shape index (κ1) is 22.1. The summed E-state index contributed by atoms with van der Waals surface area (Å²) in [6.07, 6.45) is 0.293. The molecule has 148 valence electrons. The van der Waals surface area contributed by atoms with Crippen LogP contribution in [-0.4, -0.2) is 47.9 Å². The summed E-state index contributed by atoms with van der Waals surface area (Å²) in [5, 5.41) is 16.3. The van der Waals surface area contributed by atoms with E-state index in [1.54, 1.807) is 12.1 Å². The van der Waals surface area contributed by atoms with E-state index in [-0.39, 0.29) is 24.9 Å². The van der Waals surface area contributed by atoms with E-state index in [4.69, 9.17) is 5.11 Å². The van der Waals surface area contributed by atoms with Gasteiger partial charge in [0.1, 0.15) is 6.04 Å². The number of aliphatic carboxylic acids is 1. The standard InChI is InChI=1S/C19H27N3O5/c1-11(2)7-15(19(26)27)22-17(24)10-20-16(23)9-21-18(25)14-6-5-12(3)13(4)8-14/h5-6,8,11,15H,7,9-10H2,1-4H3,(H,20,23)(H,21,25)(H,22,24)(H,26,27)/t15-/m0/s1. The lowest BCUT2D eigenvalue weighted by Gasteiger charge is -2.16. The number of carbonyl (C=O) groups excluding carboxylic acids is 3. The van der Waals surface area contributed by atoms with Gasteiger partial charge in [-0.3, -0.25) is 14.4 Å². The van der Waals surface area contributed by atoms with Gasteiger partial charge in [-0.15, -0.1) is 0 Å². The Kier molecular flexibility index (Phi) is 8.44. The van der Waals surface area contributed by atoms with Crippen LogP contribution >= 0.6 is 0 Å². The van der Waals surface area contributed by atoms with Crippen molar-refractivity contribution < 1.29 is 24.3 Å². The third-order valence-electron chi connectivity index (χ3n) is 3.97. The van der Waals surface area contributed by atoms with Gasteiger partial charge in [-0.05, 0) is 49.4 Å². The molecule has 0 aliphatic heterocycles. The Morgan fingerprint density at radius 2 is 1.59 bits per heavy atom. The number of benzene rings is 1. The first-order valence-electron chi connectivity index (χ1n) is 8.74. The molecule has 8 nitrogen and oxygen atoms in total. The Labute approximate surface area is 158 Å². The average molecular weight is 377 g/mol. The van der Waals surface area contributed by atoms with Gasteiger partial charge in [0.15, 0.2) is 0 Å². The Morgan fingerprint density at radius 3 is 2.15 bits per heavy atom. The number of rotatable bonds is 9. The third-order valence-corrected chi connectivity index (χ3v) is 3.97. The molecule has 1 atom stereocenters. The largest absolute Gasteiger partial charge is 0.480 e. The van der Waals surface area contributed by atoms with Crippen LogP contribution in [0.3, 0.4) is 0 Å². The van der Waals surface area contributed by atoms with Gasteiger partial charge < -0.3 is 21.1 Å². The summed E-state index contributed by atoms with van der Waals surface area (Å²) in [5.41, 5.74) is 2.48. The molecule has 1 rings (SSSR count). The van der Waals surface area contributed by atoms with Crippen molar-refractivity contribution in [2.75, 3.05) is 13.1 Å². The zero-order chi connectivity index (χ0) is 20.6. The van der Waals surface area contributed by atoms with Crippen molar-refractivity contribution in [1.29, 1.82) is 0 Å². The van der Waals surface area contributed by atoms with Crippen molar-refractivity contribution in [3.8, 4) is 0 Å². The molecule has 0 heterocycles. The smallest absolute Gasteiger partial charge is 0.326 e. The molecule has 1 aromatic carbocycles. The number of aryl methyl sites for hydroxylation is 2. The monoisotopic (exact) mass is 377 g/mol. The highest BCUT2D eigenvalue weighted by atomic mass is 16.4. The number of nitrogens with one attached hydrogen (secondary N) is 3. The Balaban J connectivity index is 2.41. The highest BCUT2D eigenvalue weighted by Gasteiger charge is 2.21. The van der Waals surface area contributed by atoms with E-state index in [0.29, 0.717) is 12.0 Å². The van der Waals surface area contributed by atoms with E-state index in [2.05, 4.69) is 16.0 Å². The van der Waals surface area contributed by atoms with Crippen molar-refractivity contribution in [3.63, 3.8) is 0 Å². The van der Waals surface area contributed by atoms with Crippen LogP contribution in [0.1, 0.15) is 41.8 Å². The fraction of sp³-hybridized carbons (Fsp3) is 0.474. The maximum Gasteiger partial charge on any atom is 0.326 e. The Bertz CT molecular complexity index is 715. The predicted octanol–water partition coefficient (Wildman–Crippen LogP) is 0.765. The molecular weight excluding hydrogens is 350 g/mol. The molecule has 0 spiro atoms. The minimum atomic E-state index is -1.12. The Hall–Kier alpha value is -2.90. The molecule has 1 aromatic rings. The van der Waals surface area contributed by atoms with Gasteiger partial charge in [-0.1, -0.05) is 19.9 Å². The lowest BCUT2D eigenvalue weighted by Crippen LogP contribution is -2.47. The second-order valence-electron chi connectivity index (χ2n) is 6.85. The molecule has 0 fully saturated rings. The summed E-state index contributed by atoms with van der Waals surface area (Å²) < 4.78 is 0. The highest BCUT2D eigenvalue weighted by Crippen LogP contribution is 2.09. The molecule has 4 N–H and O–H groups in total. The maximum absolute atomic E-state index is 12.0. The summed E-state index contributed by atoms with van der Waals surface area (Å²) >= 11 is 0. The van der Waals surface area contributed by atoms with Gasteiger partial charge in [0.2, 0.25) is 11.8 Å². The summed E-state index contributed by atoms with van der Waals surface area (Å²) in [6.45, 7) is 6.88. The molecule has 8 heteroatoms. The SMILES string of the molecule is Cc1ccc(C(=O)NCC(=O)NCC(=O)N[C@@H](CC(C)C)C(=O)O)cc1C. The van der Waals surface area contributed by atoms with Crippen LogP contribution in [0.15, 0.2) is 18.2 Å². The first-order valence-corrected chi connectivity index (χ1v) is 8.74. The summed E-state index contributed by atoms with van der Waals surface area (Å²) in [6, 6.07) is 4.23. The minimum Gasteiger partial charge on any atom is -0.480 e. The third kappa shape index (κ3) is 7.89. The van der Waals surface area contributed by atoms with Crippen LogP contribution in [0.4, 0.5) is 0 Å². The van der Waals surface area contributed by atoms with E-state index >= 15 is 0 Å². The molecule has 0 aromatic heterocycles. The van der Waals surface area contributed by atoms with Gasteiger partial charge in [-0.25, -0.2) is 4.79 Å². The number of carbonyl (C=O) groups is 4. The van der Waals surface area contributed by atoms with Gasteiger partial charge in [0, 0.05) is 5.56 Å². The van der Waals surface area contributed by atoms with Crippen LogP contribution in [0.2, 0.25) is 0 Å². The van der Waals surface area contributed by atoms with Crippen LogP contribution in [0.25, 0.3) is 0 Å². The van der Waals surface area contributed by atoms with Crippen molar-refractivity contribution in [3.05, 3.63) is 34.9 Å². The fourth-order valence-corrected chi connectivity index (χ4v) is 2.32. The van der Waals surface area contributed by atoms with Crippen molar-refractivity contribution in [2.45, 2.75) is 40.2 Å². The molecule has 27 heavy (non-hydrogen) atoms. The topological polar surface area (TPSA) is 125 Å². The van der Waals surface area contributed by atoms with Crippen molar-refractivity contribution in [2.24, 2.45) is 5.92 Å². The molecule has 0 saturated heterocycles. The zero-order valence-electron chi connectivity index (χ0n) is 16.1. The van der Waals surface area contributed by atoms with Crippen LogP contribution < -0.4 is 16.0 Å². The number of carboxylic acid groups (broad SMARTS) is 1. The van der Waals surface area contributed by atoms with E-state index < -0.39 is 23.8 Å². The first-order chi connectivity index (χ1) is 12.6. The fourth-order valence-electron chi connectivity index (χ4n) is 2.32. The highest BCUT2D eigenvalue weighted by molar-refractivity contribution is 5.97. The number of hydrogen-bond acceptors (Lipinski definition) is 4. The molecule has 0 aliphatic carbocycles. The van der Waals surface area contributed by atoms with Gasteiger partial charge in [0.05, 0.1) is 13.1 Å². The van der Waals surface area contributed by atoms with E-state index in [9.17, 15) is 19.2 Å². The van der Waals surface area contributed by atoms with Crippen molar-refractivity contribution >= 4 is 23.7 Å². The number of hydrogen-bond donors (Lipinski definition) is 4. The summed E-state index contributed by atoms with van der Waals surface area (Å²) in [4.78, 5) is 46.7. The lowest BCUT2D eigenvalue weighted by atomic mass is 10.0. The maximum atomic E-state index is 12.0. The van der Waals surface area contributed by atoms with E-state index in [1.807, 2.05) is 33.8 Å². The molecule has 0 saturated carbocycles. The number of carboxylic acids is 1. The molecule has 0 unspecified atom stereocenters. The normalized spacial score (nSPS) is 11.6. The van der Waals surface area contributed by atoms with E-state index in [1.165, 1.54) is 0 Å².